The van der Waals surface area contributed by atoms with E-state index in [4.69, 9.17) is 4.74 Å². The highest BCUT2D eigenvalue weighted by Crippen LogP contribution is 2.38. The number of hydrogen-bond donors (Lipinski definition) is 1. The van der Waals surface area contributed by atoms with Crippen LogP contribution in [0, 0.1) is 13.8 Å². The average molecular weight is 352 g/mol. The van der Waals surface area contributed by atoms with Crippen molar-refractivity contribution < 1.29 is 9.53 Å². The molecule has 0 aliphatic heterocycles. The van der Waals surface area contributed by atoms with Gasteiger partial charge < -0.3 is 14.6 Å². The first-order valence-electron chi connectivity index (χ1n) is 9.39. The molecule has 1 heterocycles. The van der Waals surface area contributed by atoms with E-state index in [9.17, 15) is 4.79 Å². The Labute approximate surface area is 155 Å². The van der Waals surface area contributed by atoms with Crippen LogP contribution in [0.1, 0.15) is 61.3 Å². The van der Waals surface area contributed by atoms with Crippen molar-refractivity contribution >= 4 is 12.0 Å². The zero-order valence-corrected chi connectivity index (χ0v) is 16.1. The summed E-state index contributed by atoms with van der Waals surface area (Å²) >= 11 is 0. The normalized spacial score (nSPS) is 15.2. The average Bonchev–Trinajstić information content (AvgIpc) is 3.40. The molecule has 138 valence electrons. The van der Waals surface area contributed by atoms with Gasteiger partial charge in [-0.2, -0.15) is 0 Å². The third-order valence-corrected chi connectivity index (χ3v) is 4.90. The van der Waals surface area contributed by atoms with Crippen molar-refractivity contribution in [2.45, 2.75) is 52.6 Å². The summed E-state index contributed by atoms with van der Waals surface area (Å²) in [6.45, 7) is 8.87. The molecule has 1 aliphatic rings. The molecule has 1 saturated carbocycles. The molecule has 1 N–H and O–H groups in total. The smallest absolute Gasteiger partial charge is 0.244 e. The van der Waals surface area contributed by atoms with Gasteiger partial charge in [0.05, 0.1) is 12.6 Å². The van der Waals surface area contributed by atoms with E-state index in [1.807, 2.05) is 44.2 Å². The van der Waals surface area contributed by atoms with Crippen LogP contribution in [0.25, 0.3) is 6.08 Å². The van der Waals surface area contributed by atoms with Gasteiger partial charge in [-0.1, -0.05) is 12.1 Å². The van der Waals surface area contributed by atoms with Crippen LogP contribution in [-0.4, -0.2) is 17.1 Å². The first-order valence-corrected chi connectivity index (χ1v) is 9.39. The summed E-state index contributed by atoms with van der Waals surface area (Å²) in [6, 6.07) is 10.6. The zero-order chi connectivity index (χ0) is 18.7. The van der Waals surface area contributed by atoms with Crippen molar-refractivity contribution in [1.82, 2.24) is 9.88 Å². The first-order chi connectivity index (χ1) is 12.5. The lowest BCUT2D eigenvalue weighted by atomic mass is 10.1. The number of benzene rings is 1. The minimum absolute atomic E-state index is 0.0540. The summed E-state index contributed by atoms with van der Waals surface area (Å²) in [5.74, 6) is 0.767. The maximum absolute atomic E-state index is 12.3. The number of aryl methyl sites for hydroxylation is 1. The van der Waals surface area contributed by atoms with E-state index >= 15 is 0 Å². The van der Waals surface area contributed by atoms with E-state index in [1.165, 1.54) is 24.2 Å². The monoisotopic (exact) mass is 352 g/mol. The lowest BCUT2D eigenvalue weighted by Gasteiger charge is -2.13. The molecule has 4 heteroatoms. The molecule has 0 spiro atoms. The summed E-state index contributed by atoms with van der Waals surface area (Å²) in [6.07, 6.45) is 6.07. The Morgan fingerprint density at radius 3 is 2.62 bits per heavy atom. The van der Waals surface area contributed by atoms with Gasteiger partial charge in [-0.15, -0.1) is 0 Å². The number of nitrogens with one attached hydrogen (secondary N) is 1. The zero-order valence-electron chi connectivity index (χ0n) is 16.1. The van der Waals surface area contributed by atoms with E-state index < -0.39 is 0 Å². The second-order valence-electron chi connectivity index (χ2n) is 6.99. The lowest BCUT2D eigenvalue weighted by Crippen LogP contribution is -2.24. The third-order valence-electron chi connectivity index (χ3n) is 4.90. The molecular formula is C22H28N2O2. The minimum Gasteiger partial charge on any atom is -0.494 e. The Hall–Kier alpha value is -2.49. The third kappa shape index (κ3) is 4.18. The van der Waals surface area contributed by atoms with Gasteiger partial charge in [-0.3, -0.25) is 4.79 Å². The predicted molar refractivity (Wildman–Crippen MR) is 105 cm³/mol. The van der Waals surface area contributed by atoms with Gasteiger partial charge in [0.15, 0.2) is 0 Å². The molecule has 1 atom stereocenters. The molecule has 3 rings (SSSR count). The lowest BCUT2D eigenvalue weighted by molar-refractivity contribution is -0.117. The Morgan fingerprint density at radius 2 is 2.00 bits per heavy atom. The molecule has 1 amide bonds. The summed E-state index contributed by atoms with van der Waals surface area (Å²) in [5.41, 5.74) is 4.70. The number of carbonyl (C=O) groups excluding carboxylic acids is 1. The molecule has 1 fully saturated rings. The fourth-order valence-corrected chi connectivity index (χ4v) is 3.40. The fraction of sp³-hybridized carbons (Fsp3) is 0.409. The van der Waals surface area contributed by atoms with Crippen molar-refractivity contribution in [3.8, 4) is 5.75 Å². The van der Waals surface area contributed by atoms with Gasteiger partial charge in [0.2, 0.25) is 5.91 Å². The van der Waals surface area contributed by atoms with Gasteiger partial charge in [-0.05, 0) is 75.9 Å². The standard InChI is InChI=1S/C22H28N2O2/c1-5-26-21-11-6-18(7-12-21)16(3)23-22(25)13-8-19-14-15(2)24(17(19)4)20-9-10-20/h6-8,11-14,16,20H,5,9-10H2,1-4H3,(H,23,25). The van der Waals surface area contributed by atoms with E-state index in [0.29, 0.717) is 12.6 Å². The van der Waals surface area contributed by atoms with Crippen molar-refractivity contribution in [3.05, 3.63) is 58.9 Å². The van der Waals surface area contributed by atoms with E-state index in [2.05, 4.69) is 29.8 Å². The minimum atomic E-state index is -0.0809. The van der Waals surface area contributed by atoms with Gasteiger partial charge in [-0.25, -0.2) is 0 Å². The summed E-state index contributed by atoms with van der Waals surface area (Å²) in [4.78, 5) is 12.3. The quantitative estimate of drug-likeness (QED) is 0.732. The van der Waals surface area contributed by atoms with Crippen LogP contribution in [0.2, 0.25) is 0 Å². The SMILES string of the molecule is CCOc1ccc(C(C)NC(=O)C=Cc2cc(C)n(C3CC3)c2C)cc1. The van der Waals surface area contributed by atoms with Gasteiger partial charge in [0, 0.05) is 23.5 Å². The topological polar surface area (TPSA) is 43.3 Å². The Morgan fingerprint density at radius 1 is 1.31 bits per heavy atom. The maximum Gasteiger partial charge on any atom is 0.244 e. The van der Waals surface area contributed by atoms with Gasteiger partial charge in [0.1, 0.15) is 5.75 Å². The number of rotatable bonds is 7. The Balaban J connectivity index is 1.61. The van der Waals surface area contributed by atoms with E-state index in [0.717, 1.165) is 16.9 Å². The van der Waals surface area contributed by atoms with Crippen molar-refractivity contribution in [2.75, 3.05) is 6.61 Å². The second-order valence-corrected chi connectivity index (χ2v) is 6.99. The van der Waals surface area contributed by atoms with Crippen LogP contribution in [0.5, 0.6) is 5.75 Å². The highest BCUT2D eigenvalue weighted by molar-refractivity contribution is 5.92. The van der Waals surface area contributed by atoms with E-state index in [-0.39, 0.29) is 11.9 Å². The van der Waals surface area contributed by atoms with Gasteiger partial charge in [0.25, 0.3) is 0 Å². The maximum atomic E-state index is 12.3. The molecule has 26 heavy (non-hydrogen) atoms. The van der Waals surface area contributed by atoms with Crippen molar-refractivity contribution in [2.24, 2.45) is 0 Å². The highest BCUT2D eigenvalue weighted by atomic mass is 16.5. The number of ether oxygens (including phenoxy) is 1. The largest absolute Gasteiger partial charge is 0.494 e. The van der Waals surface area contributed by atoms with Crippen LogP contribution in [0.4, 0.5) is 0 Å². The molecule has 0 radical (unpaired) electrons. The Bertz CT molecular complexity index is 798. The molecular weight excluding hydrogens is 324 g/mol. The molecule has 0 bridgehead atoms. The number of aromatic nitrogens is 1. The number of carbonyl (C=O) groups is 1. The molecule has 1 aliphatic carbocycles. The fourth-order valence-electron chi connectivity index (χ4n) is 3.40. The van der Waals surface area contributed by atoms with Crippen LogP contribution in [-0.2, 0) is 4.79 Å². The molecule has 2 aromatic rings. The van der Waals surface area contributed by atoms with Crippen LogP contribution in [0.3, 0.4) is 0 Å². The molecule has 4 nitrogen and oxygen atoms in total. The first kappa shape index (κ1) is 18.3. The summed E-state index contributed by atoms with van der Waals surface area (Å²) < 4.78 is 7.84. The predicted octanol–water partition coefficient (Wildman–Crippen LogP) is 4.73. The number of amides is 1. The summed E-state index contributed by atoms with van der Waals surface area (Å²) in [5, 5.41) is 3.02. The molecule has 1 aromatic carbocycles. The molecule has 0 saturated heterocycles. The van der Waals surface area contributed by atoms with E-state index in [1.54, 1.807) is 6.08 Å². The van der Waals surface area contributed by atoms with Crippen molar-refractivity contribution in [1.29, 1.82) is 0 Å². The second kappa shape index (κ2) is 7.81. The summed E-state index contributed by atoms with van der Waals surface area (Å²) in [7, 11) is 0. The van der Waals surface area contributed by atoms with Gasteiger partial charge >= 0.3 is 0 Å². The van der Waals surface area contributed by atoms with Crippen LogP contribution in [0.15, 0.2) is 36.4 Å². The van der Waals surface area contributed by atoms with Crippen LogP contribution < -0.4 is 10.1 Å². The highest BCUT2D eigenvalue weighted by Gasteiger charge is 2.26. The van der Waals surface area contributed by atoms with Crippen LogP contribution >= 0.6 is 0 Å². The molecule has 1 unspecified atom stereocenters. The van der Waals surface area contributed by atoms with Crippen molar-refractivity contribution in [3.63, 3.8) is 0 Å². The molecule has 1 aromatic heterocycles. The number of hydrogen-bond acceptors (Lipinski definition) is 2. The Kier molecular flexibility index (Phi) is 5.50. The number of nitrogens with zero attached hydrogens (tertiary/aromatic N) is 1.